The summed E-state index contributed by atoms with van der Waals surface area (Å²) in [5.74, 6) is 6.77. The minimum Gasteiger partial charge on any atom is -0.107 e. The van der Waals surface area contributed by atoms with Gasteiger partial charge in [0.1, 0.15) is 0 Å². The predicted molar refractivity (Wildman–Crippen MR) is 155 cm³/mol. The third kappa shape index (κ3) is 47.2. The zero-order valence-electron chi connectivity index (χ0n) is 24.5. The van der Waals surface area contributed by atoms with Crippen LogP contribution in [0.25, 0.3) is 0 Å². The molecule has 1 unspecified atom stereocenters. The highest BCUT2D eigenvalue weighted by atomic mass is 14.0. The van der Waals surface area contributed by atoms with Gasteiger partial charge in [0, 0.05) is 6.42 Å². The first kappa shape index (κ1) is 38.6. The molecule has 0 aliphatic carbocycles. The summed E-state index contributed by atoms with van der Waals surface area (Å²) < 4.78 is 0. The molecule has 0 aromatic heterocycles. The zero-order chi connectivity index (χ0) is 25.1. The summed E-state index contributed by atoms with van der Waals surface area (Å²) in [6.45, 7) is 19.0. The van der Waals surface area contributed by atoms with Crippen LogP contribution >= 0.6 is 0 Å². The van der Waals surface area contributed by atoms with Crippen LogP contribution in [-0.2, 0) is 0 Å². The van der Waals surface area contributed by atoms with Crippen molar-refractivity contribution in [1.82, 2.24) is 0 Å². The molecule has 0 aliphatic heterocycles. The zero-order valence-corrected chi connectivity index (χ0v) is 24.5. The fraction of sp³-hybridized carbons (Fsp3) is 0.875. The summed E-state index contributed by atoms with van der Waals surface area (Å²) in [4.78, 5) is 0. The maximum absolute atomic E-state index is 3.03. The lowest BCUT2D eigenvalue weighted by atomic mass is 10.0. The highest BCUT2D eigenvalue weighted by Crippen LogP contribution is 2.12. The molecular weight excluding hydrogens is 384 g/mol. The molecule has 0 nitrogen and oxygen atoms in total. The summed E-state index contributed by atoms with van der Waals surface area (Å²) in [5.41, 5.74) is 0. The highest BCUT2D eigenvalue weighted by Gasteiger charge is 1.94. The van der Waals surface area contributed by atoms with Gasteiger partial charge in [-0.05, 0) is 38.5 Å². The van der Waals surface area contributed by atoms with Gasteiger partial charge < -0.3 is 0 Å². The molecule has 0 aliphatic rings. The molecule has 0 aromatic carbocycles. The average molecular weight is 451 g/mol. The second-order valence-electron chi connectivity index (χ2n) is 8.43. The normalized spacial score (nSPS) is 10.5. The van der Waals surface area contributed by atoms with Gasteiger partial charge in [-0.3, -0.25) is 0 Å². The summed E-state index contributed by atoms with van der Waals surface area (Å²) in [6.07, 6.45) is 29.5. The molecule has 0 N–H and O–H groups in total. The molecule has 0 amide bonds. The van der Waals surface area contributed by atoms with Gasteiger partial charge in [-0.25, -0.2) is 0 Å². The van der Waals surface area contributed by atoms with Crippen molar-refractivity contribution in [1.29, 1.82) is 0 Å². The molecular formula is C32H66. The van der Waals surface area contributed by atoms with Gasteiger partial charge >= 0.3 is 0 Å². The standard InChI is InChI=1S/C20H40.C8H14.2C2H6/c1-4-6-7-8-9-10-11-12-13-14-15-16-17-18-19-20(3)5-2;1-3-5-7-8-6-4-2;2*1-2/h17-18,20H,4-16,19H2,1-3H3;3,5,7-8H2,1-2H3;2*1-2H3/b18-17+;;;. The van der Waals surface area contributed by atoms with Crippen LogP contribution in [0.2, 0.25) is 0 Å². The van der Waals surface area contributed by atoms with E-state index in [2.05, 4.69) is 51.7 Å². The maximum Gasteiger partial charge on any atom is 0.00885 e. The van der Waals surface area contributed by atoms with Gasteiger partial charge in [0.25, 0.3) is 0 Å². The first-order chi connectivity index (χ1) is 15.7. The van der Waals surface area contributed by atoms with E-state index in [1.165, 1.54) is 109 Å². The maximum atomic E-state index is 3.03. The summed E-state index contributed by atoms with van der Waals surface area (Å²) in [6, 6.07) is 0. The minimum absolute atomic E-state index is 0.864. The second kappa shape index (κ2) is 44.1. The van der Waals surface area contributed by atoms with E-state index in [-0.39, 0.29) is 0 Å². The Kier molecular flexibility index (Phi) is 53.1. The van der Waals surface area contributed by atoms with E-state index in [0.717, 1.165) is 12.3 Å². The highest BCUT2D eigenvalue weighted by molar-refractivity contribution is 4.94. The van der Waals surface area contributed by atoms with Crippen LogP contribution in [-0.4, -0.2) is 0 Å². The molecule has 194 valence electrons. The van der Waals surface area contributed by atoms with Crippen molar-refractivity contribution in [3.63, 3.8) is 0 Å². The third-order valence-corrected chi connectivity index (χ3v) is 5.46. The van der Waals surface area contributed by atoms with E-state index >= 15 is 0 Å². The molecule has 0 fully saturated rings. The monoisotopic (exact) mass is 451 g/mol. The van der Waals surface area contributed by atoms with Crippen molar-refractivity contribution in [2.75, 3.05) is 0 Å². The number of unbranched alkanes of at least 4 members (excludes halogenated alkanes) is 14. The predicted octanol–water partition coefficient (Wildman–Crippen LogP) is 12.3. The van der Waals surface area contributed by atoms with Crippen molar-refractivity contribution in [3.05, 3.63) is 12.2 Å². The Morgan fingerprint density at radius 2 is 1.03 bits per heavy atom. The van der Waals surface area contributed by atoms with E-state index in [1.807, 2.05) is 34.6 Å². The summed E-state index contributed by atoms with van der Waals surface area (Å²) in [5, 5.41) is 0. The molecule has 0 rings (SSSR count). The van der Waals surface area contributed by atoms with Gasteiger partial charge in [-0.15, -0.1) is 11.8 Å². The van der Waals surface area contributed by atoms with Crippen molar-refractivity contribution < 1.29 is 0 Å². The molecule has 0 radical (unpaired) electrons. The number of allylic oxidation sites excluding steroid dienone is 2. The Morgan fingerprint density at radius 1 is 0.594 bits per heavy atom. The van der Waals surface area contributed by atoms with Crippen LogP contribution in [0, 0.1) is 17.8 Å². The fourth-order valence-corrected chi connectivity index (χ4v) is 3.13. The van der Waals surface area contributed by atoms with Gasteiger partial charge in [0.15, 0.2) is 0 Å². The van der Waals surface area contributed by atoms with Crippen LogP contribution in [0.1, 0.15) is 178 Å². The molecule has 0 heteroatoms. The smallest absolute Gasteiger partial charge is 0.00885 e. The Balaban J connectivity index is -0.000000272. The van der Waals surface area contributed by atoms with Crippen LogP contribution in [0.5, 0.6) is 0 Å². The van der Waals surface area contributed by atoms with Crippen molar-refractivity contribution in [2.24, 2.45) is 5.92 Å². The van der Waals surface area contributed by atoms with E-state index in [0.29, 0.717) is 0 Å². The minimum atomic E-state index is 0.864. The van der Waals surface area contributed by atoms with Crippen molar-refractivity contribution in [2.45, 2.75) is 178 Å². The topological polar surface area (TPSA) is 0 Å². The van der Waals surface area contributed by atoms with Gasteiger partial charge in [0.05, 0.1) is 0 Å². The van der Waals surface area contributed by atoms with Gasteiger partial charge in [0.2, 0.25) is 0 Å². The Hall–Kier alpha value is -0.700. The lowest BCUT2D eigenvalue weighted by Crippen LogP contribution is -1.87. The first-order valence-corrected chi connectivity index (χ1v) is 14.8. The third-order valence-electron chi connectivity index (χ3n) is 5.46. The van der Waals surface area contributed by atoms with Crippen molar-refractivity contribution >= 4 is 0 Å². The molecule has 0 bridgehead atoms. The molecule has 0 heterocycles. The molecule has 0 aromatic rings. The molecule has 0 saturated carbocycles. The SMILES string of the molecule is CC.CC.CC#CCCCCC.CCCCCCCCCCCCC/C=C/CC(C)CC. The van der Waals surface area contributed by atoms with E-state index in [9.17, 15) is 0 Å². The molecule has 0 spiro atoms. The Bertz CT molecular complexity index is 341. The number of hydrogen-bond donors (Lipinski definition) is 0. The quantitative estimate of drug-likeness (QED) is 0.111. The van der Waals surface area contributed by atoms with Crippen LogP contribution in [0.3, 0.4) is 0 Å². The van der Waals surface area contributed by atoms with Gasteiger partial charge in [-0.1, -0.05) is 151 Å². The number of rotatable bonds is 18. The lowest BCUT2D eigenvalue weighted by Gasteiger charge is -2.03. The average Bonchev–Trinajstić information content (AvgIpc) is 2.85. The van der Waals surface area contributed by atoms with E-state index in [1.54, 1.807) is 0 Å². The molecule has 1 atom stereocenters. The van der Waals surface area contributed by atoms with Crippen LogP contribution in [0.15, 0.2) is 12.2 Å². The Morgan fingerprint density at radius 3 is 1.47 bits per heavy atom. The fourth-order valence-electron chi connectivity index (χ4n) is 3.13. The van der Waals surface area contributed by atoms with Crippen molar-refractivity contribution in [3.8, 4) is 11.8 Å². The van der Waals surface area contributed by atoms with E-state index < -0.39 is 0 Å². The Labute approximate surface area is 207 Å². The molecule has 32 heavy (non-hydrogen) atoms. The largest absolute Gasteiger partial charge is 0.107 e. The van der Waals surface area contributed by atoms with Gasteiger partial charge in [-0.2, -0.15) is 0 Å². The molecule has 0 saturated heterocycles. The number of hydrogen-bond acceptors (Lipinski definition) is 0. The summed E-state index contributed by atoms with van der Waals surface area (Å²) in [7, 11) is 0. The second-order valence-corrected chi connectivity index (χ2v) is 8.43. The van der Waals surface area contributed by atoms with Crippen LogP contribution in [0.4, 0.5) is 0 Å². The van der Waals surface area contributed by atoms with E-state index in [4.69, 9.17) is 0 Å². The summed E-state index contributed by atoms with van der Waals surface area (Å²) >= 11 is 0. The van der Waals surface area contributed by atoms with Crippen LogP contribution < -0.4 is 0 Å². The lowest BCUT2D eigenvalue weighted by molar-refractivity contribution is 0.550. The first-order valence-electron chi connectivity index (χ1n) is 14.8.